The van der Waals surface area contributed by atoms with Gasteiger partial charge in [0.05, 0.1) is 0 Å². The standard InChI is InChI=1S/C21H19N5O/c22-20-19(23-10-11-24-20)21(27)26-12-16(14-6-2-1-3-7-14)17-13-25-18-9-5-4-8-15(17)18/h1-11,13,16,25H,12H2,(H2,22,24)(H,26,27)/t16-/m1/s1. The van der Waals surface area contributed by atoms with Gasteiger partial charge in [-0.05, 0) is 17.2 Å². The molecule has 0 saturated carbocycles. The smallest absolute Gasteiger partial charge is 0.273 e. The molecule has 1 atom stereocenters. The van der Waals surface area contributed by atoms with Crippen molar-refractivity contribution in [1.82, 2.24) is 20.3 Å². The molecule has 1 amide bonds. The number of carbonyl (C=O) groups is 1. The number of fused-ring (bicyclic) bond motifs is 1. The van der Waals surface area contributed by atoms with Crippen LogP contribution >= 0.6 is 0 Å². The van der Waals surface area contributed by atoms with Gasteiger partial charge in [0.25, 0.3) is 5.91 Å². The third-order valence-corrected chi connectivity index (χ3v) is 4.61. The van der Waals surface area contributed by atoms with Crippen molar-refractivity contribution in [3.63, 3.8) is 0 Å². The highest BCUT2D eigenvalue weighted by Gasteiger charge is 2.20. The summed E-state index contributed by atoms with van der Waals surface area (Å²) >= 11 is 0. The first-order valence-electron chi connectivity index (χ1n) is 8.69. The van der Waals surface area contributed by atoms with Crippen LogP contribution in [-0.4, -0.2) is 27.4 Å². The van der Waals surface area contributed by atoms with E-state index in [0.717, 1.165) is 22.0 Å². The summed E-state index contributed by atoms with van der Waals surface area (Å²) in [4.78, 5) is 23.8. The zero-order valence-corrected chi connectivity index (χ0v) is 14.6. The van der Waals surface area contributed by atoms with Crippen molar-refractivity contribution in [3.05, 3.63) is 90.0 Å². The number of rotatable bonds is 5. The Morgan fingerprint density at radius 2 is 1.78 bits per heavy atom. The molecule has 2 aromatic carbocycles. The number of nitrogens with two attached hydrogens (primary N) is 1. The molecule has 0 bridgehead atoms. The monoisotopic (exact) mass is 357 g/mol. The Bertz CT molecular complexity index is 1070. The van der Waals surface area contributed by atoms with Crippen LogP contribution < -0.4 is 11.1 Å². The van der Waals surface area contributed by atoms with Crippen molar-refractivity contribution < 1.29 is 4.79 Å². The fourth-order valence-corrected chi connectivity index (χ4v) is 3.28. The van der Waals surface area contributed by atoms with Gasteiger partial charge in [-0.3, -0.25) is 4.79 Å². The lowest BCUT2D eigenvalue weighted by Crippen LogP contribution is -2.30. The van der Waals surface area contributed by atoms with Crippen molar-refractivity contribution in [2.45, 2.75) is 5.92 Å². The number of H-pyrrole nitrogens is 1. The van der Waals surface area contributed by atoms with E-state index in [2.05, 4.69) is 38.5 Å². The molecule has 0 fully saturated rings. The summed E-state index contributed by atoms with van der Waals surface area (Å²) in [7, 11) is 0. The van der Waals surface area contributed by atoms with E-state index < -0.39 is 0 Å². The minimum Gasteiger partial charge on any atom is -0.382 e. The summed E-state index contributed by atoms with van der Waals surface area (Å²) < 4.78 is 0. The lowest BCUT2D eigenvalue weighted by molar-refractivity contribution is 0.0948. The van der Waals surface area contributed by atoms with E-state index in [-0.39, 0.29) is 23.3 Å². The topological polar surface area (TPSA) is 96.7 Å². The molecule has 4 N–H and O–H groups in total. The van der Waals surface area contributed by atoms with Crippen molar-refractivity contribution in [2.24, 2.45) is 0 Å². The van der Waals surface area contributed by atoms with Gasteiger partial charge in [-0.1, -0.05) is 48.5 Å². The molecule has 0 saturated heterocycles. The highest BCUT2D eigenvalue weighted by molar-refractivity contribution is 5.96. The van der Waals surface area contributed by atoms with Gasteiger partial charge in [0.15, 0.2) is 11.5 Å². The number of nitrogens with zero attached hydrogens (tertiary/aromatic N) is 2. The lowest BCUT2D eigenvalue weighted by atomic mass is 9.91. The third-order valence-electron chi connectivity index (χ3n) is 4.61. The zero-order chi connectivity index (χ0) is 18.6. The summed E-state index contributed by atoms with van der Waals surface area (Å²) in [6.45, 7) is 0.417. The number of hydrogen-bond acceptors (Lipinski definition) is 4. The molecule has 2 heterocycles. The van der Waals surface area contributed by atoms with E-state index in [1.165, 1.54) is 12.4 Å². The molecule has 0 aliphatic carbocycles. The van der Waals surface area contributed by atoms with Gasteiger partial charge in [0.1, 0.15) is 0 Å². The Morgan fingerprint density at radius 3 is 2.59 bits per heavy atom. The van der Waals surface area contributed by atoms with Crippen LogP contribution in [0, 0.1) is 0 Å². The van der Waals surface area contributed by atoms with Crippen LogP contribution in [0.25, 0.3) is 10.9 Å². The van der Waals surface area contributed by atoms with E-state index >= 15 is 0 Å². The Kier molecular flexibility index (Phi) is 4.53. The van der Waals surface area contributed by atoms with Gasteiger partial charge in [-0.15, -0.1) is 0 Å². The molecular formula is C21H19N5O. The van der Waals surface area contributed by atoms with Crippen LogP contribution in [0.2, 0.25) is 0 Å². The molecule has 2 aromatic heterocycles. The van der Waals surface area contributed by atoms with Crippen molar-refractivity contribution in [2.75, 3.05) is 12.3 Å². The quantitative estimate of drug-likeness (QED) is 0.511. The summed E-state index contributed by atoms with van der Waals surface area (Å²) in [5, 5.41) is 4.09. The number of aromatic nitrogens is 3. The highest BCUT2D eigenvalue weighted by Crippen LogP contribution is 2.30. The fourth-order valence-electron chi connectivity index (χ4n) is 3.28. The Morgan fingerprint density at radius 1 is 1.04 bits per heavy atom. The number of aromatic amines is 1. The summed E-state index contributed by atoms with van der Waals surface area (Å²) in [5.74, 6) is -0.219. The average molecular weight is 357 g/mol. The molecule has 0 radical (unpaired) electrons. The summed E-state index contributed by atoms with van der Waals surface area (Å²) in [6.07, 6.45) is 4.93. The molecule has 6 heteroatoms. The molecule has 0 unspecified atom stereocenters. The molecule has 27 heavy (non-hydrogen) atoms. The Hall–Kier alpha value is -3.67. The Balaban J connectivity index is 1.65. The minimum absolute atomic E-state index is 0.0100. The Labute approximate surface area is 156 Å². The van der Waals surface area contributed by atoms with E-state index in [0.29, 0.717) is 6.54 Å². The molecule has 134 valence electrons. The number of nitrogens with one attached hydrogen (secondary N) is 2. The van der Waals surface area contributed by atoms with Gasteiger partial charge < -0.3 is 16.0 Å². The molecular weight excluding hydrogens is 338 g/mol. The molecule has 0 aliphatic rings. The molecule has 4 rings (SSSR count). The van der Waals surface area contributed by atoms with Crippen LogP contribution in [-0.2, 0) is 0 Å². The number of para-hydroxylation sites is 1. The summed E-state index contributed by atoms with van der Waals surface area (Å²) in [6, 6.07) is 18.2. The van der Waals surface area contributed by atoms with Crippen molar-refractivity contribution in [1.29, 1.82) is 0 Å². The van der Waals surface area contributed by atoms with E-state index in [9.17, 15) is 4.79 Å². The number of nitrogen functional groups attached to an aromatic ring is 1. The first-order valence-corrected chi connectivity index (χ1v) is 8.69. The second-order valence-corrected chi connectivity index (χ2v) is 6.25. The van der Waals surface area contributed by atoms with E-state index in [1.807, 2.05) is 42.6 Å². The van der Waals surface area contributed by atoms with Gasteiger partial charge in [0, 0.05) is 42.0 Å². The maximum Gasteiger partial charge on any atom is 0.273 e. The zero-order valence-electron chi connectivity index (χ0n) is 14.6. The number of amides is 1. The van der Waals surface area contributed by atoms with Gasteiger partial charge >= 0.3 is 0 Å². The van der Waals surface area contributed by atoms with Crippen LogP contribution in [0.1, 0.15) is 27.5 Å². The second kappa shape index (κ2) is 7.29. The maximum atomic E-state index is 12.5. The first kappa shape index (κ1) is 16.8. The minimum atomic E-state index is -0.332. The van der Waals surface area contributed by atoms with E-state index in [4.69, 9.17) is 5.73 Å². The average Bonchev–Trinajstić information content (AvgIpc) is 3.13. The van der Waals surface area contributed by atoms with Gasteiger partial charge in [-0.25, -0.2) is 9.97 Å². The van der Waals surface area contributed by atoms with Gasteiger partial charge in [0.2, 0.25) is 0 Å². The molecule has 0 spiro atoms. The maximum absolute atomic E-state index is 12.5. The number of carbonyl (C=O) groups excluding carboxylic acids is 1. The fraction of sp³-hybridized carbons (Fsp3) is 0.0952. The number of benzene rings is 2. The van der Waals surface area contributed by atoms with Crippen LogP contribution in [0.4, 0.5) is 5.82 Å². The van der Waals surface area contributed by atoms with Crippen LogP contribution in [0.3, 0.4) is 0 Å². The van der Waals surface area contributed by atoms with Crippen molar-refractivity contribution in [3.8, 4) is 0 Å². The van der Waals surface area contributed by atoms with Gasteiger partial charge in [-0.2, -0.15) is 0 Å². The number of anilines is 1. The largest absolute Gasteiger partial charge is 0.382 e. The second-order valence-electron chi connectivity index (χ2n) is 6.25. The predicted octanol–water partition coefficient (Wildman–Crippen LogP) is 3.10. The SMILES string of the molecule is Nc1nccnc1C(=O)NC[C@H](c1ccccc1)c1c[nH]c2ccccc12. The third kappa shape index (κ3) is 3.37. The predicted molar refractivity (Wildman–Crippen MR) is 105 cm³/mol. The first-order chi connectivity index (χ1) is 13.2. The molecule has 6 nitrogen and oxygen atoms in total. The number of hydrogen-bond donors (Lipinski definition) is 3. The molecule has 4 aromatic rings. The highest BCUT2D eigenvalue weighted by atomic mass is 16.1. The van der Waals surface area contributed by atoms with Crippen molar-refractivity contribution >= 4 is 22.6 Å². The van der Waals surface area contributed by atoms with Crippen LogP contribution in [0.5, 0.6) is 0 Å². The normalized spacial score (nSPS) is 12.0. The summed E-state index contributed by atoms with van der Waals surface area (Å²) in [5.41, 5.74) is 9.23. The molecule has 0 aliphatic heterocycles. The van der Waals surface area contributed by atoms with E-state index in [1.54, 1.807) is 0 Å². The lowest BCUT2D eigenvalue weighted by Gasteiger charge is -2.18. The van der Waals surface area contributed by atoms with Crippen LogP contribution in [0.15, 0.2) is 73.2 Å².